The highest BCUT2D eigenvalue weighted by molar-refractivity contribution is 6.51. The smallest absolute Gasteiger partial charge is 0.300 e. The van der Waals surface area contributed by atoms with Crippen LogP contribution in [-0.4, -0.2) is 28.0 Å². The Labute approximate surface area is 200 Å². The first-order valence-electron chi connectivity index (χ1n) is 10.9. The molecule has 1 aliphatic heterocycles. The van der Waals surface area contributed by atoms with Crippen molar-refractivity contribution in [3.8, 4) is 11.5 Å². The summed E-state index contributed by atoms with van der Waals surface area (Å²) in [6.07, 6.45) is -0.0749. The number of hydrogen-bond donors (Lipinski definition) is 2. The van der Waals surface area contributed by atoms with Crippen LogP contribution in [0.5, 0.6) is 11.5 Å². The second-order valence-electron chi connectivity index (χ2n) is 8.50. The predicted octanol–water partition coefficient (Wildman–Crippen LogP) is 5.39. The van der Waals surface area contributed by atoms with Crippen molar-refractivity contribution in [2.45, 2.75) is 32.9 Å². The summed E-state index contributed by atoms with van der Waals surface area (Å²) in [6, 6.07) is 11.6. The van der Waals surface area contributed by atoms with E-state index in [1.165, 1.54) is 24.3 Å². The summed E-state index contributed by atoms with van der Waals surface area (Å²) in [7, 11) is 0. The summed E-state index contributed by atoms with van der Waals surface area (Å²) >= 11 is 0. The number of halogens is 2. The van der Waals surface area contributed by atoms with E-state index in [1.807, 2.05) is 13.8 Å². The summed E-state index contributed by atoms with van der Waals surface area (Å²) in [6.45, 7) is 5.52. The second-order valence-corrected chi connectivity index (χ2v) is 8.50. The molecule has 35 heavy (non-hydrogen) atoms. The zero-order valence-electron chi connectivity index (χ0n) is 19.3. The van der Waals surface area contributed by atoms with Crippen LogP contribution in [0.4, 0.5) is 14.5 Å². The van der Waals surface area contributed by atoms with Gasteiger partial charge in [0.1, 0.15) is 28.9 Å². The molecule has 3 aromatic carbocycles. The Balaban J connectivity index is 1.92. The molecule has 1 amide bonds. The standard InChI is InChI=1S/C27H23F2NO5/c1-14(2)35-22-11-6-17(12-15(22)3)25(32)23-24(16-4-8-19(31)9-5-16)30(27(34)26(23)33)21-13-18(28)7-10-20(21)29/h4-14,24,31-32H,1-3H3/b25-23+. The Kier molecular flexibility index (Phi) is 6.30. The van der Waals surface area contributed by atoms with E-state index in [0.29, 0.717) is 16.9 Å². The first kappa shape index (κ1) is 23.9. The molecule has 0 bridgehead atoms. The topological polar surface area (TPSA) is 87.1 Å². The minimum Gasteiger partial charge on any atom is -0.508 e. The molecule has 1 unspecified atom stereocenters. The fraction of sp³-hybridized carbons (Fsp3) is 0.185. The van der Waals surface area contributed by atoms with Crippen LogP contribution < -0.4 is 9.64 Å². The number of aliphatic hydroxyl groups is 1. The highest BCUT2D eigenvalue weighted by Gasteiger charge is 2.47. The molecule has 1 atom stereocenters. The molecule has 3 aromatic rings. The summed E-state index contributed by atoms with van der Waals surface area (Å²) in [4.78, 5) is 27.1. The van der Waals surface area contributed by atoms with Gasteiger partial charge in [0.25, 0.3) is 11.7 Å². The quantitative estimate of drug-likeness (QED) is 0.291. The van der Waals surface area contributed by atoms with Gasteiger partial charge in [-0.3, -0.25) is 14.5 Å². The van der Waals surface area contributed by atoms with E-state index in [4.69, 9.17) is 4.74 Å². The zero-order valence-corrected chi connectivity index (χ0v) is 19.3. The summed E-state index contributed by atoms with van der Waals surface area (Å²) < 4.78 is 34.4. The van der Waals surface area contributed by atoms with Crippen molar-refractivity contribution in [1.29, 1.82) is 0 Å². The number of aromatic hydroxyl groups is 1. The molecule has 2 N–H and O–H groups in total. The van der Waals surface area contributed by atoms with Gasteiger partial charge in [0, 0.05) is 11.6 Å². The molecular formula is C27H23F2NO5. The van der Waals surface area contributed by atoms with Gasteiger partial charge in [-0.2, -0.15) is 0 Å². The van der Waals surface area contributed by atoms with Crippen LogP contribution in [0.3, 0.4) is 0 Å². The Hall–Kier alpha value is -4.20. The normalized spacial score (nSPS) is 17.3. The van der Waals surface area contributed by atoms with E-state index in [2.05, 4.69) is 0 Å². The number of ether oxygens (including phenoxy) is 1. The zero-order chi connectivity index (χ0) is 25.4. The predicted molar refractivity (Wildman–Crippen MR) is 126 cm³/mol. The first-order valence-corrected chi connectivity index (χ1v) is 10.9. The molecular weight excluding hydrogens is 456 g/mol. The van der Waals surface area contributed by atoms with Crippen molar-refractivity contribution in [3.05, 3.63) is 94.6 Å². The highest BCUT2D eigenvalue weighted by Crippen LogP contribution is 2.43. The van der Waals surface area contributed by atoms with Crippen molar-refractivity contribution in [3.63, 3.8) is 0 Å². The van der Waals surface area contributed by atoms with Crippen LogP contribution in [0.15, 0.2) is 66.2 Å². The van der Waals surface area contributed by atoms with Gasteiger partial charge in [0.15, 0.2) is 0 Å². The molecule has 0 spiro atoms. The maximum atomic E-state index is 14.7. The fourth-order valence-corrected chi connectivity index (χ4v) is 4.06. The largest absolute Gasteiger partial charge is 0.508 e. The lowest BCUT2D eigenvalue weighted by atomic mass is 9.94. The number of phenols is 1. The Bertz CT molecular complexity index is 1350. The van der Waals surface area contributed by atoms with Crippen LogP contribution in [0.25, 0.3) is 5.76 Å². The monoisotopic (exact) mass is 479 g/mol. The summed E-state index contributed by atoms with van der Waals surface area (Å²) in [5.74, 6) is -3.84. The molecule has 1 aliphatic rings. The number of ketones is 1. The first-order chi connectivity index (χ1) is 16.6. The van der Waals surface area contributed by atoms with E-state index in [-0.39, 0.29) is 23.0 Å². The molecule has 0 saturated carbocycles. The SMILES string of the molecule is Cc1cc(/C(O)=C2\C(=O)C(=O)N(c3cc(F)ccc3F)C2c2ccc(O)cc2)ccc1OC(C)C. The number of rotatable bonds is 5. The van der Waals surface area contributed by atoms with E-state index < -0.39 is 40.8 Å². The molecule has 180 valence electrons. The maximum absolute atomic E-state index is 14.7. The lowest BCUT2D eigenvalue weighted by Gasteiger charge is -2.26. The Morgan fingerprint density at radius 3 is 2.31 bits per heavy atom. The van der Waals surface area contributed by atoms with Crippen LogP contribution in [0.2, 0.25) is 0 Å². The lowest BCUT2D eigenvalue weighted by molar-refractivity contribution is -0.132. The van der Waals surface area contributed by atoms with E-state index in [1.54, 1.807) is 25.1 Å². The number of phenolic OH excluding ortho intramolecular Hbond substituents is 1. The average Bonchev–Trinajstić information content (AvgIpc) is 3.07. The minimum absolute atomic E-state index is 0.0704. The number of aryl methyl sites for hydroxylation is 1. The molecule has 1 heterocycles. The molecule has 0 aliphatic carbocycles. The van der Waals surface area contributed by atoms with Gasteiger partial charge >= 0.3 is 0 Å². The van der Waals surface area contributed by atoms with Gasteiger partial charge in [-0.1, -0.05) is 12.1 Å². The third-order valence-corrected chi connectivity index (χ3v) is 5.63. The molecule has 1 saturated heterocycles. The van der Waals surface area contributed by atoms with Gasteiger partial charge in [-0.15, -0.1) is 0 Å². The number of amides is 1. The molecule has 6 nitrogen and oxygen atoms in total. The second kappa shape index (κ2) is 9.21. The van der Waals surface area contributed by atoms with Crippen LogP contribution in [0, 0.1) is 18.6 Å². The van der Waals surface area contributed by atoms with Crippen molar-refractivity contribution in [2.75, 3.05) is 4.90 Å². The molecule has 8 heteroatoms. The number of Topliss-reactive ketones (excluding diaryl/α,β-unsaturated/α-hetero) is 1. The van der Waals surface area contributed by atoms with Gasteiger partial charge in [-0.25, -0.2) is 8.78 Å². The number of carbonyl (C=O) groups excluding carboxylic acids is 2. The molecule has 1 fully saturated rings. The van der Waals surface area contributed by atoms with E-state index >= 15 is 0 Å². The van der Waals surface area contributed by atoms with E-state index in [0.717, 1.165) is 23.1 Å². The van der Waals surface area contributed by atoms with Crippen molar-refractivity contribution in [1.82, 2.24) is 0 Å². The number of hydrogen-bond acceptors (Lipinski definition) is 5. The third kappa shape index (κ3) is 4.47. The number of carbonyl (C=O) groups is 2. The molecule has 4 rings (SSSR count). The number of nitrogens with zero attached hydrogens (tertiary/aromatic N) is 1. The third-order valence-electron chi connectivity index (χ3n) is 5.63. The average molecular weight is 479 g/mol. The van der Waals surface area contributed by atoms with Gasteiger partial charge < -0.3 is 14.9 Å². The van der Waals surface area contributed by atoms with Crippen molar-refractivity contribution >= 4 is 23.1 Å². The molecule has 0 aromatic heterocycles. The summed E-state index contributed by atoms with van der Waals surface area (Å²) in [5.41, 5.74) is 0.514. The Morgan fingerprint density at radius 1 is 1.00 bits per heavy atom. The number of benzene rings is 3. The van der Waals surface area contributed by atoms with Crippen molar-refractivity contribution < 1.29 is 33.3 Å². The Morgan fingerprint density at radius 2 is 1.69 bits per heavy atom. The van der Waals surface area contributed by atoms with Gasteiger partial charge in [0.05, 0.1) is 23.4 Å². The molecule has 0 radical (unpaired) electrons. The summed E-state index contributed by atoms with van der Waals surface area (Å²) in [5, 5.41) is 20.9. The van der Waals surface area contributed by atoms with Gasteiger partial charge in [0.2, 0.25) is 0 Å². The van der Waals surface area contributed by atoms with Crippen LogP contribution in [0.1, 0.15) is 36.6 Å². The lowest BCUT2D eigenvalue weighted by Crippen LogP contribution is -2.30. The van der Waals surface area contributed by atoms with Crippen LogP contribution in [-0.2, 0) is 9.59 Å². The number of aliphatic hydroxyl groups excluding tert-OH is 1. The fourth-order valence-electron chi connectivity index (χ4n) is 4.06. The minimum atomic E-state index is -1.27. The highest BCUT2D eigenvalue weighted by atomic mass is 19.1. The van der Waals surface area contributed by atoms with Crippen molar-refractivity contribution in [2.24, 2.45) is 0 Å². The van der Waals surface area contributed by atoms with Gasteiger partial charge in [-0.05, 0) is 74.4 Å². The van der Waals surface area contributed by atoms with Crippen LogP contribution >= 0.6 is 0 Å². The maximum Gasteiger partial charge on any atom is 0.300 e. The number of anilines is 1. The van der Waals surface area contributed by atoms with E-state index in [9.17, 15) is 28.6 Å².